The molecule has 13 heteroatoms. The van der Waals surface area contributed by atoms with Gasteiger partial charge in [0.2, 0.25) is 5.82 Å². The molecule has 1 aromatic carbocycles. The highest BCUT2D eigenvalue weighted by molar-refractivity contribution is 9.10. The molecule has 1 saturated heterocycles. The van der Waals surface area contributed by atoms with Crippen LogP contribution >= 0.6 is 15.9 Å². The van der Waals surface area contributed by atoms with Crippen LogP contribution in [0.3, 0.4) is 0 Å². The monoisotopic (exact) mass is 528 g/mol. The number of carbonyl (C=O) groups excluding carboxylic acids is 2. The quantitative estimate of drug-likeness (QED) is 0.432. The minimum atomic E-state index is -0.542. The lowest BCUT2D eigenvalue weighted by Crippen LogP contribution is -2.51. The maximum Gasteiger partial charge on any atom is 0.409 e. The van der Waals surface area contributed by atoms with Crippen molar-refractivity contribution in [2.45, 2.75) is 13.0 Å². The molecule has 11 nitrogen and oxygen atoms in total. The Morgan fingerprint density at radius 3 is 2.82 bits per heavy atom. The van der Waals surface area contributed by atoms with Crippen molar-refractivity contribution < 1.29 is 18.7 Å². The Hall–Kier alpha value is -3.87. The third-order valence-electron chi connectivity index (χ3n) is 5.58. The van der Waals surface area contributed by atoms with Crippen molar-refractivity contribution in [3.63, 3.8) is 0 Å². The third kappa shape index (κ3) is 3.87. The second-order valence-corrected chi connectivity index (χ2v) is 8.71. The molecule has 0 saturated carbocycles. The normalized spacial score (nSPS) is 13.7. The molecule has 4 aromatic rings. The average Bonchev–Trinajstić information content (AvgIpc) is 3.41. The summed E-state index contributed by atoms with van der Waals surface area (Å²) in [6.45, 7) is 2.43. The molecule has 0 unspecified atom stereocenters. The van der Waals surface area contributed by atoms with Gasteiger partial charge in [0.1, 0.15) is 11.9 Å². The SMILES string of the molecule is COC(=O)N1CC(n2nnc(-c3cc(NC(=O)c4cnn5ccc(Br)cc45)c(C)cc3F)n2)C1. The maximum absolute atomic E-state index is 14.8. The highest BCUT2D eigenvalue weighted by Gasteiger charge is 2.34. The first kappa shape index (κ1) is 21.9. The lowest BCUT2D eigenvalue weighted by Gasteiger charge is -2.36. The van der Waals surface area contributed by atoms with E-state index in [0.29, 0.717) is 35.4 Å². The fourth-order valence-corrected chi connectivity index (χ4v) is 4.00. The fraction of sp³-hybridized carbons (Fsp3) is 0.238. The van der Waals surface area contributed by atoms with Crippen LogP contribution < -0.4 is 5.32 Å². The highest BCUT2D eigenvalue weighted by atomic mass is 79.9. The van der Waals surface area contributed by atoms with Crippen LogP contribution in [0.25, 0.3) is 16.9 Å². The van der Waals surface area contributed by atoms with Crippen LogP contribution in [-0.2, 0) is 4.74 Å². The van der Waals surface area contributed by atoms with E-state index in [9.17, 15) is 14.0 Å². The minimum absolute atomic E-state index is 0.0735. The number of pyridine rings is 1. The van der Waals surface area contributed by atoms with Gasteiger partial charge in [-0.15, -0.1) is 10.2 Å². The van der Waals surface area contributed by atoms with Crippen LogP contribution in [0.2, 0.25) is 0 Å². The van der Waals surface area contributed by atoms with Gasteiger partial charge in [0.15, 0.2) is 0 Å². The smallest absolute Gasteiger partial charge is 0.409 e. The Balaban J connectivity index is 1.38. The fourth-order valence-electron chi connectivity index (χ4n) is 3.67. The molecule has 1 aliphatic heterocycles. The Morgan fingerprint density at radius 1 is 1.26 bits per heavy atom. The van der Waals surface area contributed by atoms with Gasteiger partial charge in [-0.3, -0.25) is 4.79 Å². The van der Waals surface area contributed by atoms with Crippen molar-refractivity contribution in [2.24, 2.45) is 0 Å². The van der Waals surface area contributed by atoms with Crippen LogP contribution in [0.5, 0.6) is 0 Å². The lowest BCUT2D eigenvalue weighted by atomic mass is 10.1. The zero-order valence-electron chi connectivity index (χ0n) is 18.1. The molecule has 1 fully saturated rings. The number of likely N-dealkylation sites (tertiary alicyclic amines) is 1. The van der Waals surface area contributed by atoms with Gasteiger partial charge in [-0.05, 0) is 42.0 Å². The number of methoxy groups -OCH3 is 1. The number of aryl methyl sites for hydroxylation is 1. The van der Waals surface area contributed by atoms with E-state index in [4.69, 9.17) is 0 Å². The Kier molecular flexibility index (Phi) is 5.48. The third-order valence-corrected chi connectivity index (χ3v) is 6.07. The molecular weight excluding hydrogens is 511 g/mol. The number of rotatable bonds is 4. The number of fused-ring (bicyclic) bond motifs is 1. The first-order chi connectivity index (χ1) is 16.3. The van der Waals surface area contributed by atoms with Crippen LogP contribution in [0, 0.1) is 12.7 Å². The summed E-state index contributed by atoms with van der Waals surface area (Å²) in [6.07, 6.45) is 2.78. The van der Waals surface area contributed by atoms with Crippen molar-refractivity contribution >= 4 is 39.1 Å². The van der Waals surface area contributed by atoms with Gasteiger partial charge in [0.05, 0.1) is 43.0 Å². The second kappa shape index (κ2) is 8.48. The number of hydrogen-bond donors (Lipinski definition) is 1. The summed E-state index contributed by atoms with van der Waals surface area (Å²) in [6, 6.07) is 6.21. The summed E-state index contributed by atoms with van der Waals surface area (Å²) in [5, 5.41) is 19.3. The summed E-state index contributed by atoms with van der Waals surface area (Å²) >= 11 is 3.40. The molecule has 2 amide bonds. The largest absolute Gasteiger partial charge is 0.453 e. The number of ether oxygens (including phenoxy) is 1. The number of nitrogens with one attached hydrogen (secondary N) is 1. The Morgan fingerprint density at radius 2 is 2.06 bits per heavy atom. The summed E-state index contributed by atoms with van der Waals surface area (Å²) in [5.41, 5.74) is 2.03. The van der Waals surface area contributed by atoms with Gasteiger partial charge in [-0.2, -0.15) is 9.90 Å². The molecule has 0 bridgehead atoms. The predicted molar refractivity (Wildman–Crippen MR) is 122 cm³/mol. The first-order valence-corrected chi connectivity index (χ1v) is 11.0. The van der Waals surface area contributed by atoms with E-state index in [1.807, 2.05) is 6.07 Å². The molecule has 0 aliphatic carbocycles. The maximum atomic E-state index is 14.8. The molecule has 5 rings (SSSR count). The van der Waals surface area contributed by atoms with Crippen molar-refractivity contribution in [3.05, 3.63) is 58.1 Å². The average molecular weight is 529 g/mol. The molecule has 1 N–H and O–H groups in total. The number of amides is 2. The minimum Gasteiger partial charge on any atom is -0.453 e. The Labute approximate surface area is 200 Å². The molecule has 174 valence electrons. The summed E-state index contributed by atoms with van der Waals surface area (Å²) in [5.74, 6) is -0.855. The number of benzene rings is 1. The molecule has 34 heavy (non-hydrogen) atoms. The standard InChI is InChI=1S/C21H18BrFN8O3/c1-11-5-16(23)14(19-26-28-31(27-19)13-9-29(10-13)21(33)34-2)7-17(11)25-20(32)15-8-24-30-4-3-12(22)6-18(15)30/h3-8,13H,9-10H2,1-2H3,(H,25,32). The number of halogens is 2. The number of anilines is 1. The van der Waals surface area contributed by atoms with Crippen LogP contribution in [0.4, 0.5) is 14.9 Å². The number of carbonyl (C=O) groups is 2. The van der Waals surface area contributed by atoms with Gasteiger partial charge in [0.25, 0.3) is 5.91 Å². The van der Waals surface area contributed by atoms with Gasteiger partial charge in [0, 0.05) is 16.4 Å². The molecule has 0 radical (unpaired) electrons. The molecule has 0 spiro atoms. The summed E-state index contributed by atoms with van der Waals surface area (Å²) in [7, 11) is 1.31. The van der Waals surface area contributed by atoms with Gasteiger partial charge in [-0.1, -0.05) is 15.9 Å². The Bertz CT molecular complexity index is 1430. The van der Waals surface area contributed by atoms with E-state index in [0.717, 1.165) is 4.47 Å². The number of tetrazole rings is 1. The zero-order valence-corrected chi connectivity index (χ0v) is 19.7. The lowest BCUT2D eigenvalue weighted by molar-refractivity contribution is 0.0621. The zero-order chi connectivity index (χ0) is 24.0. The number of aromatic nitrogens is 6. The van der Waals surface area contributed by atoms with Crippen molar-refractivity contribution in [1.82, 2.24) is 34.7 Å². The van der Waals surface area contributed by atoms with Crippen LogP contribution in [-0.4, -0.2) is 66.9 Å². The number of nitrogens with zero attached hydrogens (tertiary/aromatic N) is 7. The van der Waals surface area contributed by atoms with E-state index in [1.165, 1.54) is 35.1 Å². The van der Waals surface area contributed by atoms with Crippen LogP contribution in [0.1, 0.15) is 22.0 Å². The molecule has 4 heterocycles. The summed E-state index contributed by atoms with van der Waals surface area (Å²) < 4.78 is 21.9. The van der Waals surface area contributed by atoms with Crippen molar-refractivity contribution in [3.8, 4) is 11.4 Å². The predicted octanol–water partition coefficient (Wildman–Crippen LogP) is 3.07. The van der Waals surface area contributed by atoms with Gasteiger partial charge >= 0.3 is 6.09 Å². The molecule has 3 aromatic heterocycles. The molecule has 1 aliphatic rings. The van der Waals surface area contributed by atoms with E-state index >= 15 is 0 Å². The topological polar surface area (TPSA) is 120 Å². The highest BCUT2D eigenvalue weighted by Crippen LogP contribution is 2.28. The number of hydrogen-bond acceptors (Lipinski definition) is 7. The van der Waals surface area contributed by atoms with Gasteiger partial charge in [-0.25, -0.2) is 13.7 Å². The van der Waals surface area contributed by atoms with E-state index in [1.54, 1.807) is 23.7 Å². The molecule has 0 atom stereocenters. The van der Waals surface area contributed by atoms with E-state index < -0.39 is 11.9 Å². The van der Waals surface area contributed by atoms with Gasteiger partial charge < -0.3 is 15.0 Å². The first-order valence-electron chi connectivity index (χ1n) is 10.2. The van der Waals surface area contributed by atoms with Crippen LogP contribution in [0.15, 0.2) is 41.1 Å². The van der Waals surface area contributed by atoms with E-state index in [2.05, 4.69) is 46.5 Å². The van der Waals surface area contributed by atoms with E-state index in [-0.39, 0.29) is 23.3 Å². The van der Waals surface area contributed by atoms with Crippen molar-refractivity contribution in [1.29, 1.82) is 0 Å². The molecular formula is C21H18BrFN8O3. The summed E-state index contributed by atoms with van der Waals surface area (Å²) in [4.78, 5) is 27.3. The second-order valence-electron chi connectivity index (χ2n) is 7.80. The van der Waals surface area contributed by atoms with Crippen molar-refractivity contribution in [2.75, 3.05) is 25.5 Å².